The van der Waals surface area contributed by atoms with Crippen LogP contribution in [0.2, 0.25) is 0 Å². The Balaban J connectivity index is 1.39. The van der Waals surface area contributed by atoms with Gasteiger partial charge in [0.15, 0.2) is 17.5 Å². The van der Waals surface area contributed by atoms with Gasteiger partial charge in [0.25, 0.3) is 0 Å². The molecule has 2 N–H and O–H groups in total. The lowest BCUT2D eigenvalue weighted by molar-refractivity contribution is 0.105. The van der Waals surface area contributed by atoms with Gasteiger partial charge < -0.3 is 29.3 Å². The van der Waals surface area contributed by atoms with E-state index in [1.165, 1.54) is 0 Å². The smallest absolute Gasteiger partial charge is 0.231 e. The first-order valence-electron chi connectivity index (χ1n) is 8.86. The summed E-state index contributed by atoms with van der Waals surface area (Å²) in [5.41, 5.74) is 1.08. The molecule has 0 saturated carbocycles. The number of nitrogens with zero attached hydrogens (tertiary/aromatic N) is 1. The molecule has 0 saturated heterocycles. The minimum atomic E-state index is 0.286. The molecule has 1 aromatic heterocycles. The zero-order valence-electron chi connectivity index (χ0n) is 15.0. The van der Waals surface area contributed by atoms with Crippen molar-refractivity contribution < 1.29 is 18.6 Å². The first kappa shape index (κ1) is 18.1. The maximum Gasteiger partial charge on any atom is 0.231 e. The summed E-state index contributed by atoms with van der Waals surface area (Å²) in [5.74, 6) is 3.20. The number of nitrogens with one attached hydrogen (secondary N) is 2. The predicted molar refractivity (Wildman–Crippen MR) is 98.4 cm³/mol. The molecule has 7 nitrogen and oxygen atoms in total. The van der Waals surface area contributed by atoms with Crippen LogP contribution in [-0.2, 0) is 17.9 Å². The van der Waals surface area contributed by atoms with Crippen molar-refractivity contribution in [3.05, 3.63) is 47.9 Å². The van der Waals surface area contributed by atoms with E-state index in [1.807, 2.05) is 37.3 Å². The van der Waals surface area contributed by atoms with E-state index >= 15 is 0 Å². The SMILES string of the molecule is CCNC(=NCc1ccc2c(c1)OCO2)NCCCOCc1ccco1. The van der Waals surface area contributed by atoms with Crippen molar-refractivity contribution in [2.75, 3.05) is 26.5 Å². The van der Waals surface area contributed by atoms with Crippen LogP contribution < -0.4 is 20.1 Å². The molecule has 0 unspecified atom stereocenters. The summed E-state index contributed by atoms with van der Waals surface area (Å²) in [4.78, 5) is 4.61. The number of hydrogen-bond acceptors (Lipinski definition) is 5. The van der Waals surface area contributed by atoms with Crippen molar-refractivity contribution in [2.24, 2.45) is 4.99 Å². The quantitative estimate of drug-likeness (QED) is 0.407. The van der Waals surface area contributed by atoms with Crippen LogP contribution in [0.3, 0.4) is 0 Å². The van der Waals surface area contributed by atoms with Gasteiger partial charge in [0.1, 0.15) is 12.4 Å². The van der Waals surface area contributed by atoms with E-state index in [0.29, 0.717) is 19.8 Å². The molecule has 0 radical (unpaired) electrons. The number of aliphatic imine (C=N–C) groups is 1. The second kappa shape index (κ2) is 9.72. The first-order chi connectivity index (χ1) is 12.8. The highest BCUT2D eigenvalue weighted by atomic mass is 16.7. The Hall–Kier alpha value is -2.67. The maximum absolute atomic E-state index is 5.57. The van der Waals surface area contributed by atoms with E-state index in [9.17, 15) is 0 Å². The van der Waals surface area contributed by atoms with Gasteiger partial charge in [-0.05, 0) is 43.2 Å². The Morgan fingerprint density at radius 3 is 2.96 bits per heavy atom. The van der Waals surface area contributed by atoms with Gasteiger partial charge in [-0.25, -0.2) is 4.99 Å². The average molecular weight is 359 g/mol. The number of ether oxygens (including phenoxy) is 3. The molecule has 0 aliphatic carbocycles. The van der Waals surface area contributed by atoms with Crippen LogP contribution in [0.1, 0.15) is 24.7 Å². The third-order valence-electron chi connectivity index (χ3n) is 3.78. The molecule has 0 bridgehead atoms. The molecule has 2 aromatic rings. The van der Waals surface area contributed by atoms with Crippen molar-refractivity contribution in [1.82, 2.24) is 10.6 Å². The second-order valence-corrected chi connectivity index (χ2v) is 5.80. The van der Waals surface area contributed by atoms with Crippen LogP contribution in [0.25, 0.3) is 0 Å². The zero-order valence-corrected chi connectivity index (χ0v) is 15.0. The normalized spacial score (nSPS) is 13.0. The van der Waals surface area contributed by atoms with Gasteiger partial charge in [-0.15, -0.1) is 0 Å². The number of rotatable bonds is 9. The summed E-state index contributed by atoms with van der Waals surface area (Å²) >= 11 is 0. The Morgan fingerprint density at radius 2 is 2.12 bits per heavy atom. The fourth-order valence-electron chi connectivity index (χ4n) is 2.50. The third kappa shape index (κ3) is 5.42. The van der Waals surface area contributed by atoms with Crippen LogP contribution in [0.4, 0.5) is 0 Å². The summed E-state index contributed by atoms with van der Waals surface area (Å²) in [6.07, 6.45) is 2.54. The highest BCUT2D eigenvalue weighted by Crippen LogP contribution is 2.32. The van der Waals surface area contributed by atoms with E-state index in [4.69, 9.17) is 18.6 Å². The van der Waals surface area contributed by atoms with E-state index in [1.54, 1.807) is 6.26 Å². The van der Waals surface area contributed by atoms with Gasteiger partial charge in [0, 0.05) is 19.7 Å². The molecule has 26 heavy (non-hydrogen) atoms. The van der Waals surface area contributed by atoms with Crippen molar-refractivity contribution in [3.8, 4) is 11.5 Å². The third-order valence-corrected chi connectivity index (χ3v) is 3.78. The van der Waals surface area contributed by atoms with Gasteiger partial charge >= 0.3 is 0 Å². The summed E-state index contributed by atoms with van der Waals surface area (Å²) < 4.78 is 21.5. The monoisotopic (exact) mass is 359 g/mol. The van der Waals surface area contributed by atoms with Crippen molar-refractivity contribution in [1.29, 1.82) is 0 Å². The van der Waals surface area contributed by atoms with Gasteiger partial charge in [0.2, 0.25) is 6.79 Å². The Bertz CT molecular complexity index is 701. The number of fused-ring (bicyclic) bond motifs is 1. The lowest BCUT2D eigenvalue weighted by Crippen LogP contribution is -2.38. The largest absolute Gasteiger partial charge is 0.467 e. The molecule has 0 spiro atoms. The van der Waals surface area contributed by atoms with E-state index in [2.05, 4.69) is 15.6 Å². The van der Waals surface area contributed by atoms with Gasteiger partial charge in [-0.3, -0.25) is 0 Å². The Labute approximate surface area is 153 Å². The van der Waals surface area contributed by atoms with E-state index in [0.717, 1.165) is 48.3 Å². The molecule has 0 atom stereocenters. The minimum absolute atomic E-state index is 0.286. The molecule has 7 heteroatoms. The lowest BCUT2D eigenvalue weighted by Gasteiger charge is -2.11. The highest BCUT2D eigenvalue weighted by Gasteiger charge is 2.12. The average Bonchev–Trinajstić information content (AvgIpc) is 3.33. The Morgan fingerprint density at radius 1 is 1.19 bits per heavy atom. The molecule has 0 fully saturated rings. The van der Waals surface area contributed by atoms with E-state index < -0.39 is 0 Å². The van der Waals surface area contributed by atoms with Crippen molar-refractivity contribution in [3.63, 3.8) is 0 Å². The topological polar surface area (TPSA) is 77.3 Å². The van der Waals surface area contributed by atoms with Gasteiger partial charge in [0.05, 0.1) is 12.8 Å². The van der Waals surface area contributed by atoms with Gasteiger partial charge in [-0.2, -0.15) is 0 Å². The fraction of sp³-hybridized carbons (Fsp3) is 0.421. The molecule has 2 heterocycles. The van der Waals surface area contributed by atoms with Crippen LogP contribution in [-0.4, -0.2) is 32.4 Å². The summed E-state index contributed by atoms with van der Waals surface area (Å²) in [6.45, 7) is 5.66. The molecule has 140 valence electrons. The Kier molecular flexibility index (Phi) is 6.78. The van der Waals surface area contributed by atoms with E-state index in [-0.39, 0.29) is 6.79 Å². The lowest BCUT2D eigenvalue weighted by atomic mass is 10.2. The summed E-state index contributed by atoms with van der Waals surface area (Å²) in [5, 5.41) is 6.56. The molecule has 1 aromatic carbocycles. The van der Waals surface area contributed by atoms with Crippen LogP contribution in [0.15, 0.2) is 46.0 Å². The van der Waals surface area contributed by atoms with Crippen molar-refractivity contribution >= 4 is 5.96 Å². The maximum atomic E-state index is 5.57. The summed E-state index contributed by atoms with van der Waals surface area (Å²) in [6, 6.07) is 9.66. The molecule has 1 aliphatic rings. The highest BCUT2D eigenvalue weighted by molar-refractivity contribution is 5.79. The second-order valence-electron chi connectivity index (χ2n) is 5.80. The van der Waals surface area contributed by atoms with Crippen LogP contribution in [0.5, 0.6) is 11.5 Å². The number of benzene rings is 1. The number of hydrogen-bond donors (Lipinski definition) is 2. The minimum Gasteiger partial charge on any atom is -0.467 e. The standard InChI is InChI=1S/C19H25N3O4/c1-2-20-19(21-8-4-9-23-13-16-5-3-10-24-16)22-12-15-6-7-17-18(11-15)26-14-25-17/h3,5-7,10-11H,2,4,8-9,12-14H2,1H3,(H2,20,21,22). The molecular weight excluding hydrogens is 334 g/mol. The zero-order chi connectivity index (χ0) is 18.0. The number of guanidine groups is 1. The molecule has 1 aliphatic heterocycles. The molecular formula is C19H25N3O4. The predicted octanol–water partition coefficient (Wildman–Crippen LogP) is 2.67. The fourth-order valence-corrected chi connectivity index (χ4v) is 2.50. The van der Waals surface area contributed by atoms with Crippen LogP contribution in [0, 0.1) is 0 Å². The van der Waals surface area contributed by atoms with Crippen LogP contribution >= 0.6 is 0 Å². The first-order valence-corrected chi connectivity index (χ1v) is 8.86. The van der Waals surface area contributed by atoms with Gasteiger partial charge in [-0.1, -0.05) is 6.07 Å². The molecule has 0 amide bonds. The summed E-state index contributed by atoms with van der Waals surface area (Å²) in [7, 11) is 0. The number of furan rings is 1. The molecule has 3 rings (SSSR count). The van der Waals surface area contributed by atoms with Crippen molar-refractivity contribution in [2.45, 2.75) is 26.5 Å².